The lowest BCUT2D eigenvalue weighted by molar-refractivity contribution is -0.117. The second-order valence-corrected chi connectivity index (χ2v) is 5.01. The van der Waals surface area contributed by atoms with Crippen molar-refractivity contribution in [2.45, 2.75) is 13.3 Å². The van der Waals surface area contributed by atoms with Crippen LogP contribution in [0.1, 0.15) is 29.5 Å². The van der Waals surface area contributed by atoms with Gasteiger partial charge in [-0.25, -0.2) is 0 Å². The number of nitrogens with one attached hydrogen (secondary N) is 2. The first kappa shape index (κ1) is 17.3. The molecule has 1 aromatic carbocycles. The Morgan fingerprint density at radius 1 is 1.21 bits per heavy atom. The van der Waals surface area contributed by atoms with E-state index in [-0.39, 0.29) is 17.5 Å². The molecule has 126 valence electrons. The van der Waals surface area contributed by atoms with Gasteiger partial charge in [0.15, 0.2) is 0 Å². The third kappa shape index (κ3) is 4.74. The van der Waals surface area contributed by atoms with E-state index in [1.165, 1.54) is 12.3 Å². The number of methoxy groups -OCH3 is 1. The minimum Gasteiger partial charge on any atom is -0.497 e. The van der Waals surface area contributed by atoms with Crippen LogP contribution in [0.3, 0.4) is 0 Å². The highest BCUT2D eigenvalue weighted by molar-refractivity contribution is 6.05. The first-order valence-electron chi connectivity index (χ1n) is 7.63. The van der Waals surface area contributed by atoms with Gasteiger partial charge in [0.05, 0.1) is 13.4 Å². The van der Waals surface area contributed by atoms with Gasteiger partial charge in [-0.15, -0.1) is 0 Å². The van der Waals surface area contributed by atoms with Crippen LogP contribution in [0.2, 0.25) is 0 Å². The molecule has 0 fully saturated rings. The van der Waals surface area contributed by atoms with E-state index in [1.807, 2.05) is 6.92 Å². The lowest BCUT2D eigenvalue weighted by Gasteiger charge is -2.10. The monoisotopic (exact) mass is 328 g/mol. The van der Waals surface area contributed by atoms with Crippen molar-refractivity contribution in [2.24, 2.45) is 0 Å². The third-order valence-corrected chi connectivity index (χ3v) is 3.21. The van der Waals surface area contributed by atoms with Gasteiger partial charge >= 0.3 is 0 Å². The molecule has 0 aliphatic heterocycles. The van der Waals surface area contributed by atoms with Gasteiger partial charge in [-0.3, -0.25) is 9.59 Å². The number of furan rings is 1. The number of hydrogen-bond acceptors (Lipinski definition) is 4. The fraction of sp³-hybridized carbons (Fsp3) is 0.222. The van der Waals surface area contributed by atoms with Gasteiger partial charge in [-0.2, -0.15) is 0 Å². The Balaban J connectivity index is 2.17. The summed E-state index contributed by atoms with van der Waals surface area (Å²) in [5.74, 6) is 0.377. The molecule has 2 aromatic rings. The molecule has 2 amide bonds. The van der Waals surface area contributed by atoms with Crippen molar-refractivity contribution < 1.29 is 18.7 Å². The summed E-state index contributed by atoms with van der Waals surface area (Å²) in [4.78, 5) is 24.6. The Bertz CT molecular complexity index is 703. The first-order valence-corrected chi connectivity index (χ1v) is 7.63. The molecular weight excluding hydrogens is 308 g/mol. The molecule has 6 nitrogen and oxygen atoms in total. The largest absolute Gasteiger partial charge is 0.497 e. The molecule has 0 spiro atoms. The number of ether oxygens (including phenoxy) is 1. The average molecular weight is 328 g/mol. The molecular formula is C18H20N2O4. The zero-order valence-electron chi connectivity index (χ0n) is 13.7. The standard InChI is InChI=1S/C18H20N2O4/c1-3-10-19-18(22)16(12-15-5-4-11-24-15)20-17(21)13-6-8-14(23-2)9-7-13/h4-9,11-12H,3,10H2,1-2H3,(H,19,22)(H,20,21)/b16-12-. The van der Waals surface area contributed by atoms with Crippen molar-refractivity contribution in [1.82, 2.24) is 10.6 Å². The number of amides is 2. The van der Waals surface area contributed by atoms with E-state index in [2.05, 4.69) is 10.6 Å². The van der Waals surface area contributed by atoms with Gasteiger partial charge in [-0.05, 0) is 42.8 Å². The molecule has 0 radical (unpaired) electrons. The SMILES string of the molecule is CCCNC(=O)/C(=C/c1ccco1)NC(=O)c1ccc(OC)cc1. The molecule has 0 aliphatic carbocycles. The molecule has 0 saturated carbocycles. The molecule has 0 aliphatic rings. The van der Waals surface area contributed by atoms with Crippen LogP contribution in [0.25, 0.3) is 6.08 Å². The van der Waals surface area contributed by atoms with E-state index in [1.54, 1.807) is 43.5 Å². The minimum absolute atomic E-state index is 0.124. The maximum atomic E-state index is 12.4. The van der Waals surface area contributed by atoms with Gasteiger partial charge in [0.25, 0.3) is 11.8 Å². The van der Waals surface area contributed by atoms with Crippen molar-refractivity contribution in [2.75, 3.05) is 13.7 Å². The minimum atomic E-state index is -0.387. The fourth-order valence-electron chi connectivity index (χ4n) is 1.94. The summed E-state index contributed by atoms with van der Waals surface area (Å²) in [7, 11) is 1.55. The van der Waals surface area contributed by atoms with Crippen LogP contribution >= 0.6 is 0 Å². The van der Waals surface area contributed by atoms with Crippen molar-refractivity contribution >= 4 is 17.9 Å². The van der Waals surface area contributed by atoms with Crippen LogP contribution < -0.4 is 15.4 Å². The summed E-state index contributed by atoms with van der Waals surface area (Å²) in [6.45, 7) is 2.47. The van der Waals surface area contributed by atoms with Crippen molar-refractivity contribution in [3.63, 3.8) is 0 Å². The first-order chi connectivity index (χ1) is 11.6. The van der Waals surface area contributed by atoms with E-state index in [0.29, 0.717) is 23.6 Å². The lowest BCUT2D eigenvalue weighted by atomic mass is 10.2. The molecule has 0 bridgehead atoms. The molecule has 0 saturated heterocycles. The van der Waals surface area contributed by atoms with E-state index in [0.717, 1.165) is 6.42 Å². The Labute approximate surface area is 140 Å². The van der Waals surface area contributed by atoms with Crippen molar-refractivity contribution in [3.05, 3.63) is 59.7 Å². The number of hydrogen-bond donors (Lipinski definition) is 2. The van der Waals surface area contributed by atoms with Crippen LogP contribution in [0.5, 0.6) is 5.75 Å². The van der Waals surface area contributed by atoms with E-state index in [4.69, 9.17) is 9.15 Å². The average Bonchev–Trinajstić information content (AvgIpc) is 3.12. The van der Waals surface area contributed by atoms with Crippen molar-refractivity contribution in [1.29, 1.82) is 0 Å². The highest BCUT2D eigenvalue weighted by Crippen LogP contribution is 2.12. The maximum Gasteiger partial charge on any atom is 0.267 e. The smallest absolute Gasteiger partial charge is 0.267 e. The number of carbonyl (C=O) groups is 2. The molecule has 6 heteroatoms. The van der Waals surface area contributed by atoms with E-state index >= 15 is 0 Å². The summed E-state index contributed by atoms with van der Waals surface area (Å²) < 4.78 is 10.3. The summed E-state index contributed by atoms with van der Waals surface area (Å²) >= 11 is 0. The van der Waals surface area contributed by atoms with Crippen LogP contribution in [0.4, 0.5) is 0 Å². The molecule has 24 heavy (non-hydrogen) atoms. The van der Waals surface area contributed by atoms with Gasteiger partial charge in [0.2, 0.25) is 0 Å². The molecule has 0 atom stereocenters. The van der Waals surface area contributed by atoms with Gasteiger partial charge in [0, 0.05) is 18.2 Å². The Hall–Kier alpha value is -3.02. The number of benzene rings is 1. The zero-order chi connectivity index (χ0) is 17.4. The van der Waals surface area contributed by atoms with Crippen molar-refractivity contribution in [3.8, 4) is 5.75 Å². The summed E-state index contributed by atoms with van der Waals surface area (Å²) in [5.41, 5.74) is 0.545. The molecule has 1 aromatic heterocycles. The van der Waals surface area contributed by atoms with Crippen LogP contribution in [0, 0.1) is 0 Å². The highest BCUT2D eigenvalue weighted by Gasteiger charge is 2.15. The lowest BCUT2D eigenvalue weighted by Crippen LogP contribution is -2.35. The van der Waals surface area contributed by atoms with Gasteiger partial charge < -0.3 is 19.8 Å². The Morgan fingerprint density at radius 3 is 2.54 bits per heavy atom. The van der Waals surface area contributed by atoms with Crippen LogP contribution in [0.15, 0.2) is 52.8 Å². The van der Waals surface area contributed by atoms with Gasteiger partial charge in [-0.1, -0.05) is 6.92 Å². The summed E-state index contributed by atoms with van der Waals surface area (Å²) in [6.07, 6.45) is 3.79. The molecule has 2 N–H and O–H groups in total. The summed E-state index contributed by atoms with van der Waals surface area (Å²) in [6, 6.07) is 10.0. The normalized spacial score (nSPS) is 11.0. The quantitative estimate of drug-likeness (QED) is 0.766. The Kier molecular flexibility index (Phi) is 6.19. The van der Waals surface area contributed by atoms with E-state index in [9.17, 15) is 9.59 Å². The second-order valence-electron chi connectivity index (χ2n) is 5.01. The fourth-order valence-corrected chi connectivity index (χ4v) is 1.94. The number of carbonyl (C=O) groups excluding carboxylic acids is 2. The Morgan fingerprint density at radius 2 is 1.96 bits per heavy atom. The topological polar surface area (TPSA) is 80.6 Å². The molecule has 1 heterocycles. The predicted octanol–water partition coefficient (Wildman–Crippen LogP) is 2.59. The molecule has 0 unspecified atom stereocenters. The third-order valence-electron chi connectivity index (χ3n) is 3.21. The summed E-state index contributed by atoms with van der Waals surface area (Å²) in [5, 5.41) is 5.36. The molecule has 2 rings (SSSR count). The van der Waals surface area contributed by atoms with Gasteiger partial charge in [0.1, 0.15) is 17.2 Å². The van der Waals surface area contributed by atoms with E-state index < -0.39 is 0 Å². The maximum absolute atomic E-state index is 12.4. The van der Waals surface area contributed by atoms with Crippen LogP contribution in [-0.2, 0) is 4.79 Å². The number of rotatable bonds is 7. The zero-order valence-corrected chi connectivity index (χ0v) is 13.7. The predicted molar refractivity (Wildman–Crippen MR) is 90.4 cm³/mol. The second kappa shape index (κ2) is 8.57. The van der Waals surface area contributed by atoms with Crippen LogP contribution in [-0.4, -0.2) is 25.5 Å². The highest BCUT2D eigenvalue weighted by atomic mass is 16.5.